The second-order valence-corrected chi connectivity index (χ2v) is 4.73. The van der Waals surface area contributed by atoms with E-state index in [1.807, 2.05) is 6.07 Å². The maximum Gasteiger partial charge on any atom is 0.122 e. The minimum absolute atomic E-state index is 0.470. The number of hydrogen-bond donors (Lipinski definition) is 1. The van der Waals surface area contributed by atoms with Crippen molar-refractivity contribution in [2.75, 3.05) is 11.4 Å². The van der Waals surface area contributed by atoms with Crippen molar-refractivity contribution in [3.63, 3.8) is 0 Å². The number of hydrogen-bond acceptors (Lipinski definition) is 3. The first-order chi connectivity index (χ1) is 8.88. The van der Waals surface area contributed by atoms with Crippen LogP contribution in [0.4, 0.5) is 5.69 Å². The first kappa shape index (κ1) is 11.4. The molecule has 3 rings (SSSR count). The monoisotopic (exact) mass is 242 g/mol. The third-order valence-electron chi connectivity index (χ3n) is 3.59. The zero-order valence-electron chi connectivity index (χ0n) is 10.4. The molecule has 0 fully saturated rings. The molecule has 2 N–H and O–H groups in total. The summed E-state index contributed by atoms with van der Waals surface area (Å²) in [5, 5.41) is 0. The van der Waals surface area contributed by atoms with Crippen LogP contribution in [-0.4, -0.2) is 6.54 Å². The van der Waals surface area contributed by atoms with E-state index in [-0.39, 0.29) is 0 Å². The van der Waals surface area contributed by atoms with Crippen molar-refractivity contribution in [1.82, 2.24) is 0 Å². The highest BCUT2D eigenvalue weighted by Crippen LogP contribution is 2.28. The van der Waals surface area contributed by atoms with Crippen molar-refractivity contribution in [2.24, 2.45) is 5.73 Å². The SMILES string of the molecule is NCc1occc1CN1CCCc2ccccc21. The Kier molecular flexibility index (Phi) is 3.07. The highest BCUT2D eigenvalue weighted by molar-refractivity contribution is 5.55. The van der Waals surface area contributed by atoms with Crippen LogP contribution >= 0.6 is 0 Å². The number of furan rings is 1. The maximum absolute atomic E-state index is 5.68. The average Bonchev–Trinajstić information content (AvgIpc) is 2.86. The second-order valence-electron chi connectivity index (χ2n) is 4.73. The topological polar surface area (TPSA) is 42.4 Å². The van der Waals surface area contributed by atoms with Gasteiger partial charge in [-0.25, -0.2) is 0 Å². The molecule has 1 aromatic carbocycles. The van der Waals surface area contributed by atoms with Crippen molar-refractivity contribution in [2.45, 2.75) is 25.9 Å². The molecule has 0 aliphatic carbocycles. The Morgan fingerprint density at radius 2 is 2.11 bits per heavy atom. The van der Waals surface area contributed by atoms with Crippen LogP contribution in [0.15, 0.2) is 41.0 Å². The van der Waals surface area contributed by atoms with E-state index in [9.17, 15) is 0 Å². The summed E-state index contributed by atoms with van der Waals surface area (Å²) in [5.41, 5.74) is 9.69. The molecule has 2 aromatic rings. The van der Waals surface area contributed by atoms with Gasteiger partial charge in [-0.2, -0.15) is 0 Å². The van der Waals surface area contributed by atoms with Crippen LogP contribution in [0.2, 0.25) is 0 Å². The smallest absolute Gasteiger partial charge is 0.122 e. The van der Waals surface area contributed by atoms with Gasteiger partial charge in [-0.3, -0.25) is 0 Å². The van der Waals surface area contributed by atoms with Gasteiger partial charge in [0.25, 0.3) is 0 Å². The lowest BCUT2D eigenvalue weighted by atomic mass is 10.0. The Labute approximate surface area is 107 Å². The average molecular weight is 242 g/mol. The van der Waals surface area contributed by atoms with Gasteiger partial charge in [-0.1, -0.05) is 18.2 Å². The van der Waals surface area contributed by atoms with Gasteiger partial charge in [0.05, 0.1) is 12.8 Å². The first-order valence-electron chi connectivity index (χ1n) is 6.46. The summed E-state index contributed by atoms with van der Waals surface area (Å²) in [6.07, 6.45) is 4.13. The van der Waals surface area contributed by atoms with Crippen LogP contribution in [0.1, 0.15) is 23.3 Å². The summed E-state index contributed by atoms with van der Waals surface area (Å²) in [5.74, 6) is 0.901. The fraction of sp³-hybridized carbons (Fsp3) is 0.333. The molecule has 1 aromatic heterocycles. The third kappa shape index (κ3) is 2.02. The van der Waals surface area contributed by atoms with E-state index < -0.39 is 0 Å². The van der Waals surface area contributed by atoms with Crippen LogP contribution in [0.5, 0.6) is 0 Å². The molecule has 1 aliphatic rings. The van der Waals surface area contributed by atoms with Gasteiger partial charge in [-0.05, 0) is 30.5 Å². The van der Waals surface area contributed by atoms with Crippen molar-refractivity contribution >= 4 is 5.69 Å². The molecular weight excluding hydrogens is 224 g/mol. The van der Waals surface area contributed by atoms with Gasteiger partial charge in [-0.15, -0.1) is 0 Å². The van der Waals surface area contributed by atoms with Crippen LogP contribution in [-0.2, 0) is 19.5 Å². The molecule has 0 radical (unpaired) electrons. The van der Waals surface area contributed by atoms with E-state index in [0.29, 0.717) is 6.54 Å². The summed E-state index contributed by atoms with van der Waals surface area (Å²) in [6.45, 7) is 2.46. The van der Waals surface area contributed by atoms with Crippen molar-refractivity contribution in [3.8, 4) is 0 Å². The molecule has 94 valence electrons. The third-order valence-corrected chi connectivity index (χ3v) is 3.59. The molecule has 0 spiro atoms. The zero-order valence-corrected chi connectivity index (χ0v) is 10.4. The minimum Gasteiger partial charge on any atom is -0.468 e. The van der Waals surface area contributed by atoms with Crippen molar-refractivity contribution in [1.29, 1.82) is 0 Å². The van der Waals surface area contributed by atoms with Crippen LogP contribution in [0.3, 0.4) is 0 Å². The number of rotatable bonds is 3. The molecule has 0 amide bonds. The number of fused-ring (bicyclic) bond motifs is 1. The molecule has 1 aliphatic heterocycles. The van der Waals surface area contributed by atoms with E-state index in [4.69, 9.17) is 10.2 Å². The maximum atomic E-state index is 5.68. The van der Waals surface area contributed by atoms with E-state index in [1.165, 1.54) is 29.7 Å². The van der Waals surface area contributed by atoms with E-state index in [0.717, 1.165) is 18.8 Å². The number of para-hydroxylation sites is 1. The molecule has 0 bridgehead atoms. The molecule has 0 saturated heterocycles. The van der Waals surface area contributed by atoms with Gasteiger partial charge in [0.2, 0.25) is 0 Å². The lowest BCUT2D eigenvalue weighted by molar-refractivity contribution is 0.506. The highest BCUT2D eigenvalue weighted by atomic mass is 16.3. The number of benzene rings is 1. The normalized spacial score (nSPS) is 14.6. The molecule has 0 unspecified atom stereocenters. The first-order valence-corrected chi connectivity index (χ1v) is 6.46. The fourth-order valence-electron chi connectivity index (χ4n) is 2.67. The van der Waals surface area contributed by atoms with E-state index in [1.54, 1.807) is 6.26 Å². The minimum atomic E-state index is 0.470. The van der Waals surface area contributed by atoms with Gasteiger partial charge in [0, 0.05) is 24.3 Å². The highest BCUT2D eigenvalue weighted by Gasteiger charge is 2.17. The van der Waals surface area contributed by atoms with E-state index >= 15 is 0 Å². The van der Waals surface area contributed by atoms with Crippen molar-refractivity contribution < 1.29 is 4.42 Å². The van der Waals surface area contributed by atoms with Crippen LogP contribution in [0, 0.1) is 0 Å². The molecule has 0 atom stereocenters. The lowest BCUT2D eigenvalue weighted by Gasteiger charge is -2.31. The number of aryl methyl sites for hydroxylation is 1. The molecular formula is C15H18N2O. The van der Waals surface area contributed by atoms with Gasteiger partial charge >= 0.3 is 0 Å². The Hall–Kier alpha value is -1.74. The lowest BCUT2D eigenvalue weighted by Crippen LogP contribution is -2.29. The molecule has 18 heavy (non-hydrogen) atoms. The number of nitrogens with two attached hydrogens (primary N) is 1. The molecule has 3 nitrogen and oxygen atoms in total. The second kappa shape index (κ2) is 4.86. The predicted octanol–water partition coefficient (Wildman–Crippen LogP) is 2.69. The number of anilines is 1. The van der Waals surface area contributed by atoms with Crippen LogP contribution in [0.25, 0.3) is 0 Å². The van der Waals surface area contributed by atoms with Gasteiger partial charge in [0.1, 0.15) is 5.76 Å². The predicted molar refractivity (Wildman–Crippen MR) is 72.4 cm³/mol. The molecule has 2 heterocycles. The van der Waals surface area contributed by atoms with E-state index in [2.05, 4.69) is 29.2 Å². The zero-order chi connectivity index (χ0) is 12.4. The van der Waals surface area contributed by atoms with Crippen LogP contribution < -0.4 is 10.6 Å². The van der Waals surface area contributed by atoms with Gasteiger partial charge in [0.15, 0.2) is 0 Å². The molecule has 3 heteroatoms. The largest absolute Gasteiger partial charge is 0.468 e. The molecule has 0 saturated carbocycles. The summed E-state index contributed by atoms with van der Waals surface area (Å²) in [6, 6.07) is 10.7. The van der Waals surface area contributed by atoms with Crippen molar-refractivity contribution in [3.05, 3.63) is 53.5 Å². The number of nitrogens with zero attached hydrogens (tertiary/aromatic N) is 1. The summed E-state index contributed by atoms with van der Waals surface area (Å²) >= 11 is 0. The Morgan fingerprint density at radius 3 is 3.00 bits per heavy atom. The quantitative estimate of drug-likeness (QED) is 0.899. The Bertz CT molecular complexity index is 533. The Morgan fingerprint density at radius 1 is 1.22 bits per heavy atom. The summed E-state index contributed by atoms with van der Waals surface area (Å²) < 4.78 is 5.39. The summed E-state index contributed by atoms with van der Waals surface area (Å²) in [4.78, 5) is 2.42. The van der Waals surface area contributed by atoms with Gasteiger partial charge < -0.3 is 15.1 Å². The fourth-order valence-corrected chi connectivity index (χ4v) is 2.67. The summed E-state index contributed by atoms with van der Waals surface area (Å²) in [7, 11) is 0. The Balaban J connectivity index is 1.86. The standard InChI is InChI=1S/C15H18N2O/c16-10-15-13(7-9-18-15)11-17-8-3-5-12-4-1-2-6-14(12)17/h1-2,4,6-7,9H,3,5,8,10-11,16H2.